The highest BCUT2D eigenvalue weighted by Gasteiger charge is 2.07. The molecular weight excluding hydrogens is 358 g/mol. The molecule has 0 radical (unpaired) electrons. The SMILES string of the molecule is COc1ccc(OCCNC(=O)c2cnc(NCc3ccccn3)cn2)cc1. The van der Waals surface area contributed by atoms with E-state index in [0.717, 1.165) is 11.4 Å². The fraction of sp³-hybridized carbons (Fsp3) is 0.200. The Labute approximate surface area is 163 Å². The second-order valence-corrected chi connectivity index (χ2v) is 5.74. The van der Waals surface area contributed by atoms with Gasteiger partial charge >= 0.3 is 0 Å². The Morgan fingerprint density at radius 2 is 1.82 bits per heavy atom. The van der Waals surface area contributed by atoms with Gasteiger partial charge in [0.05, 0.1) is 38.3 Å². The van der Waals surface area contributed by atoms with Crippen LogP contribution in [0.4, 0.5) is 5.82 Å². The average molecular weight is 379 g/mol. The molecule has 0 aliphatic rings. The van der Waals surface area contributed by atoms with E-state index in [1.807, 2.05) is 42.5 Å². The lowest BCUT2D eigenvalue weighted by atomic mass is 10.3. The first-order chi connectivity index (χ1) is 13.7. The van der Waals surface area contributed by atoms with Gasteiger partial charge in [-0.1, -0.05) is 6.07 Å². The number of hydrogen-bond donors (Lipinski definition) is 2. The van der Waals surface area contributed by atoms with Gasteiger partial charge in [0, 0.05) is 6.20 Å². The minimum atomic E-state index is -0.304. The van der Waals surface area contributed by atoms with Crippen molar-refractivity contribution in [2.75, 3.05) is 25.6 Å². The lowest BCUT2D eigenvalue weighted by Gasteiger charge is -2.08. The number of benzene rings is 1. The van der Waals surface area contributed by atoms with Crippen molar-refractivity contribution in [2.24, 2.45) is 0 Å². The number of nitrogens with one attached hydrogen (secondary N) is 2. The summed E-state index contributed by atoms with van der Waals surface area (Å²) in [5, 5.41) is 5.86. The molecule has 144 valence electrons. The van der Waals surface area contributed by atoms with Crippen LogP contribution in [0.15, 0.2) is 61.1 Å². The smallest absolute Gasteiger partial charge is 0.271 e. The van der Waals surface area contributed by atoms with Gasteiger partial charge in [0.15, 0.2) is 0 Å². The summed E-state index contributed by atoms with van der Waals surface area (Å²) in [5.74, 6) is 1.74. The van der Waals surface area contributed by atoms with Gasteiger partial charge in [0.2, 0.25) is 0 Å². The van der Waals surface area contributed by atoms with E-state index in [0.29, 0.717) is 31.3 Å². The number of aromatic nitrogens is 3. The number of amides is 1. The Bertz CT molecular complexity index is 871. The summed E-state index contributed by atoms with van der Waals surface area (Å²) >= 11 is 0. The molecule has 0 atom stereocenters. The van der Waals surface area contributed by atoms with Crippen LogP contribution in [0.5, 0.6) is 11.5 Å². The number of anilines is 1. The third kappa shape index (κ3) is 5.66. The zero-order valence-corrected chi connectivity index (χ0v) is 15.5. The minimum absolute atomic E-state index is 0.243. The third-order valence-corrected chi connectivity index (χ3v) is 3.78. The summed E-state index contributed by atoms with van der Waals surface area (Å²) in [4.78, 5) is 24.7. The number of rotatable bonds is 9. The highest BCUT2D eigenvalue weighted by molar-refractivity contribution is 5.91. The van der Waals surface area contributed by atoms with Crippen LogP contribution in [-0.2, 0) is 6.54 Å². The number of ether oxygens (including phenoxy) is 2. The van der Waals surface area contributed by atoms with Gasteiger partial charge in [-0.25, -0.2) is 9.97 Å². The molecule has 2 aromatic heterocycles. The monoisotopic (exact) mass is 379 g/mol. The largest absolute Gasteiger partial charge is 0.497 e. The molecule has 0 aliphatic carbocycles. The maximum atomic E-state index is 12.1. The summed E-state index contributed by atoms with van der Waals surface area (Å²) in [5.41, 5.74) is 1.14. The normalized spacial score (nSPS) is 10.2. The van der Waals surface area contributed by atoms with Crippen molar-refractivity contribution in [3.63, 3.8) is 0 Å². The van der Waals surface area contributed by atoms with E-state index in [9.17, 15) is 4.79 Å². The van der Waals surface area contributed by atoms with E-state index in [-0.39, 0.29) is 11.6 Å². The van der Waals surface area contributed by atoms with E-state index in [2.05, 4.69) is 25.6 Å². The Kier molecular flexibility index (Phi) is 6.73. The molecule has 3 aromatic rings. The third-order valence-electron chi connectivity index (χ3n) is 3.78. The summed E-state index contributed by atoms with van der Waals surface area (Å²) in [7, 11) is 1.61. The molecule has 1 aromatic carbocycles. The molecule has 2 N–H and O–H groups in total. The lowest BCUT2D eigenvalue weighted by Crippen LogP contribution is -2.28. The second kappa shape index (κ2) is 9.86. The van der Waals surface area contributed by atoms with E-state index in [1.54, 1.807) is 13.3 Å². The highest BCUT2D eigenvalue weighted by Crippen LogP contribution is 2.16. The predicted molar refractivity (Wildman–Crippen MR) is 104 cm³/mol. The quantitative estimate of drug-likeness (QED) is 0.551. The average Bonchev–Trinajstić information content (AvgIpc) is 2.76. The summed E-state index contributed by atoms with van der Waals surface area (Å²) in [6.45, 7) is 1.23. The summed E-state index contributed by atoms with van der Waals surface area (Å²) in [6.07, 6.45) is 4.68. The van der Waals surface area contributed by atoms with Crippen molar-refractivity contribution in [2.45, 2.75) is 6.54 Å². The fourth-order valence-corrected chi connectivity index (χ4v) is 2.32. The highest BCUT2D eigenvalue weighted by atomic mass is 16.5. The molecule has 8 nitrogen and oxygen atoms in total. The van der Waals surface area contributed by atoms with Crippen molar-refractivity contribution in [1.82, 2.24) is 20.3 Å². The predicted octanol–water partition coefficient (Wildman–Crippen LogP) is 2.30. The van der Waals surface area contributed by atoms with Crippen molar-refractivity contribution >= 4 is 11.7 Å². The maximum absolute atomic E-state index is 12.1. The van der Waals surface area contributed by atoms with Crippen molar-refractivity contribution in [1.29, 1.82) is 0 Å². The fourth-order valence-electron chi connectivity index (χ4n) is 2.32. The number of carbonyl (C=O) groups is 1. The molecule has 0 saturated heterocycles. The van der Waals surface area contributed by atoms with Crippen molar-refractivity contribution in [3.8, 4) is 11.5 Å². The Morgan fingerprint density at radius 1 is 1.00 bits per heavy atom. The first-order valence-corrected chi connectivity index (χ1v) is 8.75. The van der Waals surface area contributed by atoms with Crippen LogP contribution in [0.1, 0.15) is 16.2 Å². The van der Waals surface area contributed by atoms with E-state index >= 15 is 0 Å². The Morgan fingerprint density at radius 3 is 2.50 bits per heavy atom. The maximum Gasteiger partial charge on any atom is 0.271 e. The molecule has 0 unspecified atom stereocenters. The van der Waals surface area contributed by atoms with Gasteiger partial charge < -0.3 is 20.1 Å². The van der Waals surface area contributed by atoms with Gasteiger partial charge in [-0.15, -0.1) is 0 Å². The molecule has 0 saturated carbocycles. The van der Waals surface area contributed by atoms with Crippen LogP contribution >= 0.6 is 0 Å². The Hall–Kier alpha value is -3.68. The van der Waals surface area contributed by atoms with Gasteiger partial charge in [-0.05, 0) is 36.4 Å². The van der Waals surface area contributed by atoms with Gasteiger partial charge in [-0.3, -0.25) is 9.78 Å². The van der Waals surface area contributed by atoms with Crippen molar-refractivity contribution in [3.05, 3.63) is 72.4 Å². The first-order valence-electron chi connectivity index (χ1n) is 8.75. The molecule has 1 amide bonds. The number of carbonyl (C=O) groups excluding carboxylic acids is 1. The number of hydrogen-bond acceptors (Lipinski definition) is 7. The molecule has 2 heterocycles. The number of methoxy groups -OCH3 is 1. The van der Waals surface area contributed by atoms with Gasteiger partial charge in [0.1, 0.15) is 29.6 Å². The van der Waals surface area contributed by atoms with Crippen LogP contribution in [0.25, 0.3) is 0 Å². The number of pyridine rings is 1. The second-order valence-electron chi connectivity index (χ2n) is 5.74. The summed E-state index contributed by atoms with van der Waals surface area (Å²) in [6, 6.07) is 12.9. The molecule has 0 spiro atoms. The van der Waals surface area contributed by atoms with E-state index in [1.165, 1.54) is 12.4 Å². The van der Waals surface area contributed by atoms with Gasteiger partial charge in [-0.2, -0.15) is 0 Å². The topological polar surface area (TPSA) is 98.3 Å². The zero-order chi connectivity index (χ0) is 19.6. The van der Waals surface area contributed by atoms with E-state index in [4.69, 9.17) is 9.47 Å². The summed E-state index contributed by atoms with van der Waals surface area (Å²) < 4.78 is 10.7. The Balaban J connectivity index is 1.40. The minimum Gasteiger partial charge on any atom is -0.497 e. The standard InChI is InChI=1S/C20H21N5O3/c1-27-16-5-7-17(8-6-16)28-11-10-22-20(26)18-13-25-19(14-23-18)24-12-15-4-2-3-9-21-15/h2-9,13-14H,10-12H2,1H3,(H,22,26)(H,24,25). The number of nitrogens with zero attached hydrogens (tertiary/aromatic N) is 3. The lowest BCUT2D eigenvalue weighted by molar-refractivity contribution is 0.0941. The molecular formula is C20H21N5O3. The molecule has 3 rings (SSSR count). The molecule has 0 bridgehead atoms. The molecule has 8 heteroatoms. The molecule has 0 fully saturated rings. The van der Waals surface area contributed by atoms with E-state index < -0.39 is 0 Å². The van der Waals surface area contributed by atoms with Crippen LogP contribution < -0.4 is 20.1 Å². The zero-order valence-electron chi connectivity index (χ0n) is 15.5. The van der Waals surface area contributed by atoms with Crippen LogP contribution in [-0.4, -0.2) is 41.1 Å². The molecule has 0 aliphatic heterocycles. The van der Waals surface area contributed by atoms with Crippen molar-refractivity contribution < 1.29 is 14.3 Å². The first kappa shape index (κ1) is 19.1. The van der Waals surface area contributed by atoms with Crippen LogP contribution in [0.2, 0.25) is 0 Å². The van der Waals surface area contributed by atoms with Gasteiger partial charge in [0.25, 0.3) is 5.91 Å². The van der Waals surface area contributed by atoms with Crippen LogP contribution in [0, 0.1) is 0 Å². The molecule has 28 heavy (non-hydrogen) atoms. The van der Waals surface area contributed by atoms with Crippen LogP contribution in [0.3, 0.4) is 0 Å².